The lowest BCUT2D eigenvalue weighted by Crippen LogP contribution is -2.11. The van der Waals surface area contributed by atoms with Crippen molar-refractivity contribution in [2.45, 2.75) is 0 Å². The highest BCUT2D eigenvalue weighted by Crippen LogP contribution is 2.37. The third-order valence-electron chi connectivity index (χ3n) is 3.29. The summed E-state index contributed by atoms with van der Waals surface area (Å²) in [6.07, 6.45) is 0. The number of nitrogens with two attached hydrogens (primary N) is 1. The Hall–Kier alpha value is -1.95. The standard InChI is InChI=1S/C16H12Cl2N2O2S/c1-22-12-5-3-9(7-11(12)19)20-16(21)15-14(18)10-4-2-8(17)6-13(10)23-15/h2-7H,19H2,1H3,(H,20,21). The Morgan fingerprint density at radius 2 is 2.00 bits per heavy atom. The van der Waals surface area contributed by atoms with Crippen LogP contribution in [0.3, 0.4) is 0 Å². The number of hydrogen-bond acceptors (Lipinski definition) is 4. The molecular weight excluding hydrogens is 355 g/mol. The number of carbonyl (C=O) groups is 1. The molecule has 1 aromatic heterocycles. The lowest BCUT2D eigenvalue weighted by molar-refractivity contribution is 0.103. The molecule has 0 saturated heterocycles. The number of amides is 1. The third kappa shape index (κ3) is 3.08. The number of fused-ring (bicyclic) bond motifs is 1. The van der Waals surface area contributed by atoms with Crippen molar-refractivity contribution in [1.82, 2.24) is 0 Å². The molecule has 0 spiro atoms. The monoisotopic (exact) mass is 366 g/mol. The molecule has 7 heteroatoms. The highest BCUT2D eigenvalue weighted by molar-refractivity contribution is 7.21. The molecule has 0 bridgehead atoms. The number of nitrogen functional groups attached to an aromatic ring is 1. The van der Waals surface area contributed by atoms with Gasteiger partial charge in [-0.3, -0.25) is 4.79 Å². The predicted octanol–water partition coefficient (Wildman–Crippen LogP) is 5.05. The number of methoxy groups -OCH3 is 1. The van der Waals surface area contributed by atoms with Crippen LogP contribution in [-0.2, 0) is 0 Å². The normalized spacial score (nSPS) is 10.7. The quantitative estimate of drug-likeness (QED) is 0.637. The molecule has 23 heavy (non-hydrogen) atoms. The summed E-state index contributed by atoms with van der Waals surface area (Å²) in [6.45, 7) is 0. The molecule has 118 valence electrons. The number of carbonyl (C=O) groups excluding carboxylic acids is 1. The first kappa shape index (κ1) is 15.9. The fourth-order valence-corrected chi connectivity index (χ4v) is 3.87. The minimum absolute atomic E-state index is 0.295. The molecule has 0 aliphatic carbocycles. The second-order valence-electron chi connectivity index (χ2n) is 4.80. The van der Waals surface area contributed by atoms with Gasteiger partial charge in [-0.15, -0.1) is 11.3 Å². The molecule has 0 saturated carbocycles. The highest BCUT2D eigenvalue weighted by Gasteiger charge is 2.17. The molecule has 0 aliphatic heterocycles. The smallest absolute Gasteiger partial charge is 0.267 e. The van der Waals surface area contributed by atoms with Crippen molar-refractivity contribution in [3.05, 3.63) is 51.3 Å². The van der Waals surface area contributed by atoms with Crippen LogP contribution in [0, 0.1) is 0 Å². The van der Waals surface area contributed by atoms with E-state index in [1.54, 1.807) is 36.4 Å². The van der Waals surface area contributed by atoms with Crippen LogP contribution < -0.4 is 15.8 Å². The largest absolute Gasteiger partial charge is 0.495 e. The topological polar surface area (TPSA) is 64.3 Å². The number of rotatable bonds is 3. The Kier molecular flexibility index (Phi) is 4.35. The number of hydrogen-bond donors (Lipinski definition) is 2. The average molecular weight is 367 g/mol. The maximum atomic E-state index is 12.5. The summed E-state index contributed by atoms with van der Waals surface area (Å²) < 4.78 is 5.95. The van der Waals surface area contributed by atoms with E-state index in [1.165, 1.54) is 18.4 Å². The minimum Gasteiger partial charge on any atom is -0.495 e. The summed E-state index contributed by atoms with van der Waals surface area (Å²) >= 11 is 13.6. The zero-order chi connectivity index (χ0) is 16.6. The molecule has 0 atom stereocenters. The number of ether oxygens (including phenoxy) is 1. The van der Waals surface area contributed by atoms with Gasteiger partial charge in [0, 0.05) is 20.8 Å². The van der Waals surface area contributed by atoms with Crippen LogP contribution in [0.15, 0.2) is 36.4 Å². The van der Waals surface area contributed by atoms with Crippen molar-refractivity contribution < 1.29 is 9.53 Å². The second-order valence-corrected chi connectivity index (χ2v) is 6.66. The van der Waals surface area contributed by atoms with Crippen molar-refractivity contribution in [2.75, 3.05) is 18.2 Å². The summed E-state index contributed by atoms with van der Waals surface area (Å²) in [5.41, 5.74) is 6.85. The Morgan fingerprint density at radius 1 is 1.22 bits per heavy atom. The third-order valence-corrected chi connectivity index (χ3v) is 5.18. The van der Waals surface area contributed by atoms with E-state index in [0.717, 1.165) is 10.1 Å². The van der Waals surface area contributed by atoms with Gasteiger partial charge in [0.2, 0.25) is 0 Å². The second kappa shape index (κ2) is 6.28. The number of halogens is 2. The van der Waals surface area contributed by atoms with Gasteiger partial charge in [0.05, 0.1) is 17.8 Å². The first-order valence-electron chi connectivity index (χ1n) is 6.62. The maximum absolute atomic E-state index is 12.5. The van der Waals surface area contributed by atoms with Gasteiger partial charge >= 0.3 is 0 Å². The Bertz CT molecular complexity index is 908. The van der Waals surface area contributed by atoms with Gasteiger partial charge < -0.3 is 15.8 Å². The number of nitrogens with one attached hydrogen (secondary N) is 1. The molecule has 3 N–H and O–H groups in total. The van der Waals surface area contributed by atoms with Gasteiger partial charge in [-0.2, -0.15) is 0 Å². The molecule has 0 unspecified atom stereocenters. The molecule has 0 fully saturated rings. The SMILES string of the molecule is COc1ccc(NC(=O)c2sc3cc(Cl)ccc3c2Cl)cc1N. The lowest BCUT2D eigenvalue weighted by atomic mass is 10.2. The van der Waals surface area contributed by atoms with Gasteiger partial charge in [-0.25, -0.2) is 0 Å². The summed E-state index contributed by atoms with van der Waals surface area (Å²) in [5.74, 6) is 0.259. The van der Waals surface area contributed by atoms with Crippen LogP contribution in [0.5, 0.6) is 5.75 Å². The molecule has 2 aromatic carbocycles. The van der Waals surface area contributed by atoms with E-state index in [0.29, 0.717) is 32.0 Å². The molecule has 1 heterocycles. The first-order chi connectivity index (χ1) is 11.0. The van der Waals surface area contributed by atoms with E-state index in [1.807, 2.05) is 0 Å². The number of anilines is 2. The van der Waals surface area contributed by atoms with E-state index in [4.69, 9.17) is 33.7 Å². The van der Waals surface area contributed by atoms with Crippen molar-refractivity contribution in [2.24, 2.45) is 0 Å². The fraction of sp³-hybridized carbons (Fsp3) is 0.0625. The van der Waals surface area contributed by atoms with Crippen molar-refractivity contribution in [3.8, 4) is 5.75 Å². The Balaban J connectivity index is 1.91. The van der Waals surface area contributed by atoms with Gasteiger partial charge in [-0.1, -0.05) is 29.3 Å². The molecule has 3 aromatic rings. The summed E-state index contributed by atoms with van der Waals surface area (Å²) in [5, 5.41) is 4.61. The molecule has 3 rings (SSSR count). The molecule has 0 radical (unpaired) electrons. The van der Waals surface area contributed by atoms with E-state index in [2.05, 4.69) is 5.32 Å². The lowest BCUT2D eigenvalue weighted by Gasteiger charge is -2.08. The van der Waals surface area contributed by atoms with Crippen LogP contribution in [-0.4, -0.2) is 13.0 Å². The first-order valence-corrected chi connectivity index (χ1v) is 8.19. The fourth-order valence-electron chi connectivity index (χ4n) is 2.19. The minimum atomic E-state index is -0.295. The molecule has 4 nitrogen and oxygen atoms in total. The number of benzene rings is 2. The Labute approximate surface area is 146 Å². The number of thiophene rings is 1. The maximum Gasteiger partial charge on any atom is 0.267 e. The zero-order valence-electron chi connectivity index (χ0n) is 12.0. The predicted molar refractivity (Wildman–Crippen MR) is 97.2 cm³/mol. The van der Waals surface area contributed by atoms with Gasteiger partial charge in [0.1, 0.15) is 10.6 Å². The summed E-state index contributed by atoms with van der Waals surface area (Å²) in [4.78, 5) is 12.9. The average Bonchev–Trinajstić information content (AvgIpc) is 2.84. The van der Waals surface area contributed by atoms with E-state index in [-0.39, 0.29) is 5.91 Å². The van der Waals surface area contributed by atoms with Crippen LogP contribution in [0.4, 0.5) is 11.4 Å². The van der Waals surface area contributed by atoms with Crippen LogP contribution >= 0.6 is 34.5 Å². The van der Waals surface area contributed by atoms with Crippen LogP contribution in [0.2, 0.25) is 10.0 Å². The van der Waals surface area contributed by atoms with E-state index >= 15 is 0 Å². The van der Waals surface area contributed by atoms with E-state index < -0.39 is 0 Å². The van der Waals surface area contributed by atoms with Crippen LogP contribution in [0.25, 0.3) is 10.1 Å². The van der Waals surface area contributed by atoms with Crippen molar-refractivity contribution in [3.63, 3.8) is 0 Å². The highest BCUT2D eigenvalue weighted by atomic mass is 35.5. The van der Waals surface area contributed by atoms with Gasteiger partial charge in [0.15, 0.2) is 0 Å². The molecule has 1 amide bonds. The van der Waals surface area contributed by atoms with E-state index in [9.17, 15) is 4.79 Å². The van der Waals surface area contributed by atoms with Gasteiger partial charge in [-0.05, 0) is 30.3 Å². The molecule has 0 aliphatic rings. The van der Waals surface area contributed by atoms with Crippen molar-refractivity contribution in [1.29, 1.82) is 0 Å². The van der Waals surface area contributed by atoms with Crippen molar-refractivity contribution >= 4 is 61.9 Å². The zero-order valence-corrected chi connectivity index (χ0v) is 14.4. The molecular formula is C16H12Cl2N2O2S. The van der Waals surface area contributed by atoms with Gasteiger partial charge in [0.25, 0.3) is 5.91 Å². The Morgan fingerprint density at radius 3 is 2.70 bits per heavy atom. The summed E-state index contributed by atoms with van der Waals surface area (Å²) in [7, 11) is 1.53. The van der Waals surface area contributed by atoms with Crippen LogP contribution in [0.1, 0.15) is 9.67 Å². The summed E-state index contributed by atoms with van der Waals surface area (Å²) in [6, 6.07) is 10.4.